The summed E-state index contributed by atoms with van der Waals surface area (Å²) in [5.41, 5.74) is 6.42. The van der Waals surface area contributed by atoms with E-state index in [4.69, 9.17) is 22.1 Å². The fourth-order valence-corrected chi connectivity index (χ4v) is 2.58. The number of rotatable bonds is 3. The molecule has 0 bridgehead atoms. The Balaban J connectivity index is 2.16. The molecule has 1 amide bonds. The number of hydrogen-bond acceptors (Lipinski definition) is 3. The summed E-state index contributed by atoms with van der Waals surface area (Å²) in [6, 6.07) is 7.24. The lowest BCUT2D eigenvalue weighted by molar-refractivity contribution is -0.142. The number of ether oxygens (including phenoxy) is 1. The molecule has 1 fully saturated rings. The van der Waals surface area contributed by atoms with Crippen LogP contribution in [-0.2, 0) is 9.53 Å². The van der Waals surface area contributed by atoms with Crippen molar-refractivity contribution in [2.75, 3.05) is 20.3 Å². The molecule has 0 saturated carbocycles. The predicted molar refractivity (Wildman–Crippen MR) is 79.5 cm³/mol. The molecule has 4 nitrogen and oxygen atoms in total. The van der Waals surface area contributed by atoms with Gasteiger partial charge in [0.25, 0.3) is 0 Å². The van der Waals surface area contributed by atoms with Gasteiger partial charge in [0.1, 0.15) is 0 Å². The van der Waals surface area contributed by atoms with Gasteiger partial charge in [0.2, 0.25) is 5.91 Å². The third kappa shape index (κ3) is 2.68. The van der Waals surface area contributed by atoms with Gasteiger partial charge in [-0.2, -0.15) is 0 Å². The number of halogens is 1. The van der Waals surface area contributed by atoms with Gasteiger partial charge in [0.15, 0.2) is 0 Å². The van der Waals surface area contributed by atoms with Crippen LogP contribution in [0.5, 0.6) is 0 Å². The molecule has 3 unspecified atom stereocenters. The maximum atomic E-state index is 12.7. The number of nitrogens with two attached hydrogens (primary N) is 1. The van der Waals surface area contributed by atoms with E-state index in [1.165, 1.54) is 0 Å². The van der Waals surface area contributed by atoms with Crippen molar-refractivity contribution in [3.05, 3.63) is 34.9 Å². The lowest BCUT2D eigenvalue weighted by Gasteiger charge is -2.34. The van der Waals surface area contributed by atoms with E-state index < -0.39 is 5.41 Å². The van der Waals surface area contributed by atoms with Crippen molar-refractivity contribution in [3.8, 4) is 0 Å². The van der Waals surface area contributed by atoms with Crippen molar-refractivity contribution < 1.29 is 9.53 Å². The first-order valence-electron chi connectivity index (χ1n) is 6.72. The summed E-state index contributed by atoms with van der Waals surface area (Å²) >= 11 is 5.89. The van der Waals surface area contributed by atoms with Crippen molar-refractivity contribution >= 4 is 17.5 Å². The van der Waals surface area contributed by atoms with Gasteiger partial charge < -0.3 is 15.4 Å². The molecule has 1 aliphatic heterocycles. The molecule has 3 atom stereocenters. The smallest absolute Gasteiger partial charge is 0.232 e. The number of hydrogen-bond donors (Lipinski definition) is 1. The molecule has 1 aromatic carbocycles. The molecule has 0 radical (unpaired) electrons. The summed E-state index contributed by atoms with van der Waals surface area (Å²) in [6.45, 7) is 4.68. The largest absolute Gasteiger partial charge is 0.379 e. The van der Waals surface area contributed by atoms with Gasteiger partial charge in [0.05, 0.1) is 24.7 Å². The molecule has 1 aliphatic rings. The number of carbonyl (C=O) groups excluding carboxylic acids is 1. The van der Waals surface area contributed by atoms with Crippen LogP contribution >= 0.6 is 11.6 Å². The van der Waals surface area contributed by atoms with Gasteiger partial charge in [-0.3, -0.25) is 4.79 Å². The molecule has 5 heteroatoms. The molecular weight excluding hydrogens is 276 g/mol. The SMILES string of the molecule is CC(c1ccc(Cl)cc1)N(C)C(=O)C1(C)COCC1N. The Morgan fingerprint density at radius 1 is 1.50 bits per heavy atom. The third-order valence-electron chi connectivity index (χ3n) is 4.26. The van der Waals surface area contributed by atoms with E-state index in [9.17, 15) is 4.79 Å². The number of nitrogens with zero attached hydrogens (tertiary/aromatic N) is 1. The van der Waals surface area contributed by atoms with Crippen LogP contribution in [0.2, 0.25) is 5.02 Å². The van der Waals surface area contributed by atoms with Gasteiger partial charge in [0, 0.05) is 18.1 Å². The zero-order valence-electron chi connectivity index (χ0n) is 12.1. The number of carbonyl (C=O) groups is 1. The first-order chi connectivity index (χ1) is 9.36. The standard InChI is InChI=1S/C15H21ClN2O2/c1-10(11-4-6-12(16)7-5-11)18(3)14(19)15(2)9-20-8-13(15)17/h4-7,10,13H,8-9,17H2,1-3H3. The highest BCUT2D eigenvalue weighted by Crippen LogP contribution is 2.32. The van der Waals surface area contributed by atoms with Gasteiger partial charge in [-0.15, -0.1) is 0 Å². The maximum Gasteiger partial charge on any atom is 0.232 e. The third-order valence-corrected chi connectivity index (χ3v) is 4.51. The summed E-state index contributed by atoms with van der Waals surface area (Å²) in [5.74, 6) is 0.0185. The maximum absolute atomic E-state index is 12.7. The Morgan fingerprint density at radius 2 is 2.10 bits per heavy atom. The average Bonchev–Trinajstić information content (AvgIpc) is 2.78. The average molecular weight is 297 g/mol. The van der Waals surface area contributed by atoms with Crippen LogP contribution in [-0.4, -0.2) is 37.1 Å². The summed E-state index contributed by atoms with van der Waals surface area (Å²) in [7, 11) is 1.80. The highest BCUT2D eigenvalue weighted by atomic mass is 35.5. The van der Waals surface area contributed by atoms with Gasteiger partial charge in [-0.05, 0) is 31.5 Å². The van der Waals surface area contributed by atoms with Crippen molar-refractivity contribution in [2.24, 2.45) is 11.1 Å². The van der Waals surface area contributed by atoms with Crippen LogP contribution in [0, 0.1) is 5.41 Å². The van der Waals surface area contributed by atoms with Crippen molar-refractivity contribution in [1.82, 2.24) is 4.90 Å². The second kappa shape index (κ2) is 5.72. The fourth-order valence-electron chi connectivity index (χ4n) is 2.45. The van der Waals surface area contributed by atoms with E-state index in [-0.39, 0.29) is 18.0 Å². The normalized spacial score (nSPS) is 27.4. The minimum Gasteiger partial charge on any atom is -0.379 e. The number of amides is 1. The second-order valence-corrected chi connectivity index (χ2v) is 6.12. The molecule has 110 valence electrons. The Hall–Kier alpha value is -1.10. The summed E-state index contributed by atoms with van der Waals surface area (Å²) in [5, 5.41) is 0.688. The number of benzene rings is 1. The topological polar surface area (TPSA) is 55.6 Å². The van der Waals surface area contributed by atoms with Crippen LogP contribution < -0.4 is 5.73 Å². The van der Waals surface area contributed by atoms with E-state index >= 15 is 0 Å². The molecule has 0 aromatic heterocycles. The minimum absolute atomic E-state index is 0.0185. The highest BCUT2D eigenvalue weighted by Gasteiger charge is 2.46. The van der Waals surface area contributed by atoms with E-state index in [1.54, 1.807) is 11.9 Å². The Labute approximate surface area is 124 Å². The molecule has 0 spiro atoms. The van der Waals surface area contributed by atoms with Gasteiger partial charge in [-0.25, -0.2) is 0 Å². The van der Waals surface area contributed by atoms with E-state index in [0.717, 1.165) is 5.56 Å². The Bertz CT molecular complexity index is 491. The Morgan fingerprint density at radius 3 is 2.60 bits per heavy atom. The first kappa shape index (κ1) is 15.3. The molecule has 0 aliphatic carbocycles. The van der Waals surface area contributed by atoms with Crippen molar-refractivity contribution in [1.29, 1.82) is 0 Å². The van der Waals surface area contributed by atoms with Crippen molar-refractivity contribution in [2.45, 2.75) is 25.9 Å². The lowest BCUT2D eigenvalue weighted by Crippen LogP contribution is -2.50. The molecule has 2 N–H and O–H groups in total. The van der Waals surface area contributed by atoms with Crippen LogP contribution in [0.15, 0.2) is 24.3 Å². The van der Waals surface area contributed by atoms with Crippen LogP contribution in [0.3, 0.4) is 0 Å². The minimum atomic E-state index is -0.643. The molecule has 1 aromatic rings. The van der Waals surface area contributed by atoms with Crippen LogP contribution in [0.1, 0.15) is 25.5 Å². The fraction of sp³-hybridized carbons (Fsp3) is 0.533. The lowest BCUT2D eigenvalue weighted by atomic mass is 9.83. The molecule has 20 heavy (non-hydrogen) atoms. The summed E-state index contributed by atoms with van der Waals surface area (Å²) in [6.07, 6.45) is 0. The monoisotopic (exact) mass is 296 g/mol. The second-order valence-electron chi connectivity index (χ2n) is 5.68. The van der Waals surface area contributed by atoms with Crippen molar-refractivity contribution in [3.63, 3.8) is 0 Å². The van der Waals surface area contributed by atoms with Gasteiger partial charge in [-0.1, -0.05) is 23.7 Å². The van der Waals surface area contributed by atoms with E-state index in [0.29, 0.717) is 18.2 Å². The van der Waals surface area contributed by atoms with E-state index in [2.05, 4.69) is 0 Å². The zero-order chi connectivity index (χ0) is 14.9. The summed E-state index contributed by atoms with van der Waals surface area (Å²) in [4.78, 5) is 14.4. The van der Waals surface area contributed by atoms with Gasteiger partial charge >= 0.3 is 0 Å². The van der Waals surface area contributed by atoms with Crippen LogP contribution in [0.25, 0.3) is 0 Å². The quantitative estimate of drug-likeness (QED) is 0.930. The molecule has 1 heterocycles. The summed E-state index contributed by atoms with van der Waals surface area (Å²) < 4.78 is 5.35. The first-order valence-corrected chi connectivity index (χ1v) is 7.10. The highest BCUT2D eigenvalue weighted by molar-refractivity contribution is 6.30. The Kier molecular flexibility index (Phi) is 4.37. The predicted octanol–water partition coefficient (Wildman–Crippen LogP) is 2.22. The molecule has 1 saturated heterocycles. The van der Waals surface area contributed by atoms with Crippen LogP contribution in [0.4, 0.5) is 0 Å². The molecule has 2 rings (SSSR count). The van der Waals surface area contributed by atoms with E-state index in [1.807, 2.05) is 38.1 Å². The molecular formula is C15H21ClN2O2. The zero-order valence-corrected chi connectivity index (χ0v) is 12.9.